The van der Waals surface area contributed by atoms with Crippen molar-refractivity contribution in [3.05, 3.63) is 29.8 Å². The molecule has 2 fully saturated rings. The van der Waals surface area contributed by atoms with Crippen molar-refractivity contribution in [2.75, 3.05) is 31.6 Å². The van der Waals surface area contributed by atoms with E-state index in [1.54, 1.807) is 7.11 Å². The Kier molecular flexibility index (Phi) is 7.25. The molecule has 0 saturated carbocycles. The molecule has 2 aliphatic rings. The monoisotopic (exact) mass is 413 g/mol. The van der Waals surface area contributed by atoms with Gasteiger partial charge in [0.2, 0.25) is 0 Å². The zero-order valence-electron chi connectivity index (χ0n) is 18.8. The van der Waals surface area contributed by atoms with Crippen LogP contribution in [0.3, 0.4) is 0 Å². The first-order chi connectivity index (χ1) is 14.3. The van der Waals surface area contributed by atoms with Crippen LogP contribution in [-0.4, -0.2) is 55.5 Å². The van der Waals surface area contributed by atoms with Gasteiger partial charge in [0.15, 0.2) is 0 Å². The average molecular weight is 414 g/mol. The Bertz CT molecular complexity index is 742. The van der Waals surface area contributed by atoms with Crippen LogP contribution in [0.5, 0.6) is 0 Å². The molecule has 0 radical (unpaired) electrons. The summed E-state index contributed by atoms with van der Waals surface area (Å²) in [5, 5.41) is 9.14. The molecule has 1 amide bonds. The third kappa shape index (κ3) is 5.89. The predicted octanol–water partition coefficient (Wildman–Crippen LogP) is 4.38. The first kappa shape index (κ1) is 22.4. The minimum absolute atomic E-state index is 0.193. The van der Waals surface area contributed by atoms with Crippen molar-refractivity contribution in [1.82, 2.24) is 4.90 Å². The third-order valence-electron chi connectivity index (χ3n) is 6.09. The molecule has 0 unspecified atom stereocenters. The molecule has 0 N–H and O–H groups in total. The van der Waals surface area contributed by atoms with E-state index >= 15 is 0 Å². The smallest absolute Gasteiger partial charge is 0.410 e. The Morgan fingerprint density at radius 2 is 1.87 bits per heavy atom. The SMILES string of the molecule is CO[C@@H]1C[C@H](CC#N)N(c2ccc(CC3CCN(C(=O)OC(C)(C)C)CC3)cc2)C1. The summed E-state index contributed by atoms with van der Waals surface area (Å²) in [6.07, 6.45) is 4.47. The molecule has 2 atom stereocenters. The Morgan fingerprint density at radius 3 is 2.43 bits per heavy atom. The second-order valence-corrected chi connectivity index (χ2v) is 9.54. The molecule has 0 spiro atoms. The lowest BCUT2D eigenvalue weighted by molar-refractivity contribution is 0.0184. The van der Waals surface area contributed by atoms with Crippen LogP contribution in [0.15, 0.2) is 24.3 Å². The van der Waals surface area contributed by atoms with E-state index in [4.69, 9.17) is 14.7 Å². The summed E-state index contributed by atoms with van der Waals surface area (Å²) in [5.74, 6) is 0.588. The van der Waals surface area contributed by atoms with Crippen LogP contribution in [0.4, 0.5) is 10.5 Å². The van der Waals surface area contributed by atoms with Crippen molar-refractivity contribution >= 4 is 11.8 Å². The molecule has 2 heterocycles. The number of piperidine rings is 1. The summed E-state index contributed by atoms with van der Waals surface area (Å²) in [5.41, 5.74) is 2.05. The number of benzene rings is 1. The molecule has 0 aromatic heterocycles. The fraction of sp³-hybridized carbons (Fsp3) is 0.667. The predicted molar refractivity (Wildman–Crippen MR) is 117 cm³/mol. The van der Waals surface area contributed by atoms with E-state index in [1.165, 1.54) is 11.3 Å². The molecular weight excluding hydrogens is 378 g/mol. The number of hydrogen-bond acceptors (Lipinski definition) is 5. The molecule has 2 saturated heterocycles. The highest BCUT2D eigenvalue weighted by Gasteiger charge is 2.32. The second kappa shape index (κ2) is 9.70. The molecular formula is C24H35N3O3. The lowest BCUT2D eigenvalue weighted by atomic mass is 9.90. The quantitative estimate of drug-likeness (QED) is 0.716. The lowest BCUT2D eigenvalue weighted by Crippen LogP contribution is -2.42. The van der Waals surface area contributed by atoms with Crippen molar-refractivity contribution in [3.63, 3.8) is 0 Å². The van der Waals surface area contributed by atoms with Crippen molar-refractivity contribution in [2.24, 2.45) is 5.92 Å². The van der Waals surface area contributed by atoms with Gasteiger partial charge in [0, 0.05) is 38.5 Å². The third-order valence-corrected chi connectivity index (χ3v) is 6.09. The van der Waals surface area contributed by atoms with Crippen molar-refractivity contribution in [2.45, 2.75) is 70.6 Å². The number of amides is 1. The van der Waals surface area contributed by atoms with Gasteiger partial charge in [0.25, 0.3) is 0 Å². The Hall–Kier alpha value is -2.26. The van der Waals surface area contributed by atoms with Gasteiger partial charge in [-0.2, -0.15) is 5.26 Å². The van der Waals surface area contributed by atoms with E-state index in [2.05, 4.69) is 35.2 Å². The summed E-state index contributed by atoms with van der Waals surface area (Å²) in [6.45, 7) is 8.08. The first-order valence-corrected chi connectivity index (χ1v) is 11.0. The molecule has 1 aromatic carbocycles. The number of carbonyl (C=O) groups excluding carboxylic acids is 1. The molecule has 1 aromatic rings. The van der Waals surface area contributed by atoms with Gasteiger partial charge in [-0.25, -0.2) is 4.79 Å². The number of likely N-dealkylation sites (tertiary alicyclic amines) is 1. The molecule has 0 bridgehead atoms. The van der Waals surface area contributed by atoms with Crippen LogP contribution in [0, 0.1) is 17.2 Å². The minimum atomic E-state index is -0.444. The molecule has 2 aliphatic heterocycles. The summed E-state index contributed by atoms with van der Waals surface area (Å²) in [6, 6.07) is 11.3. The maximum Gasteiger partial charge on any atom is 0.410 e. The highest BCUT2D eigenvalue weighted by atomic mass is 16.6. The Morgan fingerprint density at radius 1 is 1.20 bits per heavy atom. The maximum atomic E-state index is 12.2. The number of anilines is 1. The molecule has 6 nitrogen and oxygen atoms in total. The normalized spacial score (nSPS) is 22.8. The maximum absolute atomic E-state index is 12.2. The summed E-state index contributed by atoms with van der Waals surface area (Å²) in [7, 11) is 1.74. The molecule has 164 valence electrons. The Balaban J connectivity index is 1.52. The fourth-order valence-electron chi connectivity index (χ4n) is 4.46. The van der Waals surface area contributed by atoms with Crippen molar-refractivity contribution in [3.8, 4) is 6.07 Å². The van der Waals surface area contributed by atoms with Crippen LogP contribution in [0.1, 0.15) is 52.0 Å². The van der Waals surface area contributed by atoms with Crippen LogP contribution in [0.2, 0.25) is 0 Å². The molecule has 0 aliphatic carbocycles. The van der Waals surface area contributed by atoms with Gasteiger partial charge in [-0.1, -0.05) is 12.1 Å². The molecule has 6 heteroatoms. The highest BCUT2D eigenvalue weighted by molar-refractivity contribution is 5.68. The van der Waals surface area contributed by atoms with Gasteiger partial charge < -0.3 is 19.3 Å². The van der Waals surface area contributed by atoms with E-state index in [9.17, 15) is 4.79 Å². The van der Waals surface area contributed by atoms with E-state index in [1.807, 2.05) is 25.7 Å². The van der Waals surface area contributed by atoms with Gasteiger partial charge in [-0.15, -0.1) is 0 Å². The number of rotatable bonds is 5. The highest BCUT2D eigenvalue weighted by Crippen LogP contribution is 2.30. The topological polar surface area (TPSA) is 65.8 Å². The van der Waals surface area contributed by atoms with Gasteiger partial charge in [0.1, 0.15) is 5.60 Å². The van der Waals surface area contributed by atoms with Crippen molar-refractivity contribution < 1.29 is 14.3 Å². The number of ether oxygens (including phenoxy) is 2. The minimum Gasteiger partial charge on any atom is -0.444 e. The van der Waals surface area contributed by atoms with Crippen LogP contribution < -0.4 is 4.90 Å². The van der Waals surface area contributed by atoms with Gasteiger partial charge in [0.05, 0.1) is 18.6 Å². The number of hydrogen-bond donors (Lipinski definition) is 0. The number of methoxy groups -OCH3 is 1. The molecule has 30 heavy (non-hydrogen) atoms. The van der Waals surface area contributed by atoms with Gasteiger partial charge >= 0.3 is 6.09 Å². The number of carbonyl (C=O) groups is 1. The largest absolute Gasteiger partial charge is 0.444 e. The zero-order valence-corrected chi connectivity index (χ0v) is 18.8. The Labute approximate surface area is 180 Å². The average Bonchev–Trinajstić information content (AvgIpc) is 3.11. The fourth-order valence-corrected chi connectivity index (χ4v) is 4.46. The van der Waals surface area contributed by atoms with Crippen molar-refractivity contribution in [1.29, 1.82) is 5.26 Å². The first-order valence-electron chi connectivity index (χ1n) is 11.0. The van der Waals surface area contributed by atoms with Crippen LogP contribution in [-0.2, 0) is 15.9 Å². The van der Waals surface area contributed by atoms with E-state index in [0.717, 1.165) is 45.3 Å². The van der Waals surface area contributed by atoms with Crippen LogP contribution >= 0.6 is 0 Å². The van der Waals surface area contributed by atoms with E-state index < -0.39 is 5.60 Å². The van der Waals surface area contributed by atoms with E-state index in [0.29, 0.717) is 12.3 Å². The summed E-state index contributed by atoms with van der Waals surface area (Å²) < 4.78 is 11.0. The molecule has 3 rings (SSSR count). The van der Waals surface area contributed by atoms with Gasteiger partial charge in [-0.05, 0) is 70.1 Å². The van der Waals surface area contributed by atoms with E-state index in [-0.39, 0.29) is 18.2 Å². The lowest BCUT2D eigenvalue weighted by Gasteiger charge is -2.33. The summed E-state index contributed by atoms with van der Waals surface area (Å²) in [4.78, 5) is 16.4. The standard InChI is InChI=1S/C24H35N3O3/c1-24(2,3)30-23(28)26-13-10-19(11-14-26)15-18-5-7-20(8-6-18)27-17-22(29-4)16-21(27)9-12-25/h5-8,19,21-22H,9-11,13-17H2,1-4H3/t21-,22+/m0/s1. The summed E-state index contributed by atoms with van der Waals surface area (Å²) >= 11 is 0. The van der Waals surface area contributed by atoms with Gasteiger partial charge in [-0.3, -0.25) is 0 Å². The second-order valence-electron chi connectivity index (χ2n) is 9.54. The number of nitrogens with zero attached hydrogens (tertiary/aromatic N) is 3. The van der Waals surface area contributed by atoms with Crippen LogP contribution in [0.25, 0.3) is 0 Å². The number of nitriles is 1. The zero-order chi connectivity index (χ0) is 21.7.